The first-order chi connectivity index (χ1) is 8.04. The fraction of sp³-hybridized carbons (Fsp3) is 0. The molecular weight excluding hydrogens is 266 g/mol. The molecule has 0 aliphatic heterocycles. The van der Waals surface area contributed by atoms with Crippen LogP contribution in [0.25, 0.3) is 5.69 Å². The van der Waals surface area contributed by atoms with Crippen molar-refractivity contribution in [2.24, 2.45) is 0 Å². The zero-order valence-electron chi connectivity index (χ0n) is 8.28. The van der Waals surface area contributed by atoms with Crippen molar-refractivity contribution in [2.75, 3.05) is 5.73 Å². The summed E-state index contributed by atoms with van der Waals surface area (Å²) in [7, 11) is 0. The Kier molecular flexibility index (Phi) is 2.92. The Morgan fingerprint density at radius 1 is 1.35 bits per heavy atom. The van der Waals surface area contributed by atoms with Gasteiger partial charge in [-0.1, -0.05) is 23.2 Å². The molecule has 0 bridgehead atoms. The van der Waals surface area contributed by atoms with Gasteiger partial charge < -0.3 is 5.73 Å². The van der Waals surface area contributed by atoms with Crippen LogP contribution in [-0.4, -0.2) is 9.78 Å². The van der Waals surface area contributed by atoms with Crippen molar-refractivity contribution in [3.05, 3.63) is 39.8 Å². The highest BCUT2D eigenvalue weighted by atomic mass is 35.5. The lowest BCUT2D eigenvalue weighted by atomic mass is 10.3. The number of nitrogens with two attached hydrogens (primary N) is 1. The molecule has 0 spiro atoms. The number of hydrogen-bond acceptors (Lipinski definition) is 3. The molecule has 0 unspecified atom stereocenters. The van der Waals surface area contributed by atoms with Gasteiger partial charge in [-0.15, -0.1) is 0 Å². The molecule has 1 aromatic carbocycles. The fourth-order valence-electron chi connectivity index (χ4n) is 1.36. The number of nitriles is 1. The number of benzene rings is 1. The molecule has 0 amide bonds. The van der Waals surface area contributed by atoms with Crippen molar-refractivity contribution in [2.45, 2.75) is 0 Å². The predicted molar refractivity (Wildman–Crippen MR) is 62.7 cm³/mol. The average molecular weight is 271 g/mol. The lowest BCUT2D eigenvalue weighted by Gasteiger charge is -2.08. The largest absolute Gasteiger partial charge is 0.382 e. The SMILES string of the molecule is N#Cc1cnn(-c2c(Cl)cc(F)cc2Cl)c1N. The van der Waals surface area contributed by atoms with E-state index in [0.29, 0.717) is 0 Å². The summed E-state index contributed by atoms with van der Waals surface area (Å²) in [6.07, 6.45) is 1.28. The van der Waals surface area contributed by atoms with Crippen molar-refractivity contribution >= 4 is 29.0 Å². The molecule has 7 heteroatoms. The van der Waals surface area contributed by atoms with Crippen molar-refractivity contribution in [1.82, 2.24) is 9.78 Å². The number of rotatable bonds is 1. The number of halogens is 3. The number of nitrogens with zero attached hydrogens (tertiary/aromatic N) is 3. The molecule has 2 aromatic rings. The van der Waals surface area contributed by atoms with Crippen LogP contribution in [-0.2, 0) is 0 Å². The van der Waals surface area contributed by atoms with Gasteiger partial charge in [0.1, 0.15) is 29.0 Å². The van der Waals surface area contributed by atoms with Crippen LogP contribution in [0.15, 0.2) is 18.3 Å². The fourth-order valence-corrected chi connectivity index (χ4v) is 1.98. The van der Waals surface area contributed by atoms with Crippen molar-refractivity contribution < 1.29 is 4.39 Å². The molecule has 0 aliphatic carbocycles. The molecule has 1 aromatic heterocycles. The number of nitrogen functional groups attached to an aromatic ring is 1. The molecule has 0 fully saturated rings. The summed E-state index contributed by atoms with van der Waals surface area (Å²) >= 11 is 11.7. The molecule has 4 nitrogen and oxygen atoms in total. The quantitative estimate of drug-likeness (QED) is 0.867. The van der Waals surface area contributed by atoms with Crippen molar-refractivity contribution in [3.63, 3.8) is 0 Å². The lowest BCUT2D eigenvalue weighted by molar-refractivity contribution is 0.627. The van der Waals surface area contributed by atoms with Gasteiger partial charge in [0.2, 0.25) is 0 Å². The number of hydrogen-bond donors (Lipinski definition) is 1. The molecule has 1 heterocycles. The predicted octanol–water partition coefficient (Wildman–Crippen LogP) is 2.77. The topological polar surface area (TPSA) is 67.6 Å². The van der Waals surface area contributed by atoms with Crippen LogP contribution in [0.5, 0.6) is 0 Å². The Hall–Kier alpha value is -1.77. The van der Waals surface area contributed by atoms with Gasteiger partial charge in [-0.3, -0.25) is 0 Å². The van der Waals surface area contributed by atoms with Crippen LogP contribution in [0.1, 0.15) is 5.56 Å². The second-order valence-electron chi connectivity index (χ2n) is 3.19. The Morgan fingerprint density at radius 3 is 2.41 bits per heavy atom. The average Bonchev–Trinajstić information content (AvgIpc) is 2.59. The Morgan fingerprint density at radius 2 is 1.94 bits per heavy atom. The Labute approximate surface area is 106 Å². The maximum Gasteiger partial charge on any atom is 0.145 e. The van der Waals surface area contributed by atoms with E-state index in [0.717, 1.165) is 12.1 Å². The van der Waals surface area contributed by atoms with Gasteiger partial charge in [0.25, 0.3) is 0 Å². The van der Waals surface area contributed by atoms with Crippen LogP contribution in [0.2, 0.25) is 10.0 Å². The summed E-state index contributed by atoms with van der Waals surface area (Å²) in [6, 6.07) is 4.05. The van der Waals surface area contributed by atoms with E-state index in [1.807, 2.05) is 6.07 Å². The first-order valence-electron chi connectivity index (χ1n) is 4.43. The third-order valence-corrected chi connectivity index (χ3v) is 2.70. The van der Waals surface area contributed by atoms with Crippen LogP contribution >= 0.6 is 23.2 Å². The summed E-state index contributed by atoms with van der Waals surface area (Å²) < 4.78 is 14.2. The number of anilines is 1. The number of aromatic nitrogens is 2. The monoisotopic (exact) mass is 270 g/mol. The summed E-state index contributed by atoms with van der Waals surface area (Å²) in [6.45, 7) is 0. The van der Waals surface area contributed by atoms with Gasteiger partial charge in [0.05, 0.1) is 16.2 Å². The second kappa shape index (κ2) is 4.24. The second-order valence-corrected chi connectivity index (χ2v) is 4.00. The van der Waals surface area contributed by atoms with Crippen LogP contribution < -0.4 is 5.73 Å². The minimum absolute atomic E-state index is 0.0642. The summed E-state index contributed by atoms with van der Waals surface area (Å²) in [4.78, 5) is 0. The van der Waals surface area contributed by atoms with Crippen LogP contribution in [0, 0.1) is 17.1 Å². The van der Waals surface area contributed by atoms with Gasteiger partial charge in [-0.25, -0.2) is 9.07 Å². The summed E-state index contributed by atoms with van der Waals surface area (Å²) in [5.74, 6) is -0.460. The molecular formula is C10H5Cl2FN4. The van der Waals surface area contributed by atoms with E-state index >= 15 is 0 Å². The molecule has 17 heavy (non-hydrogen) atoms. The highest BCUT2D eigenvalue weighted by Gasteiger charge is 2.15. The zero-order chi connectivity index (χ0) is 12.6. The molecule has 0 saturated heterocycles. The van der Waals surface area contributed by atoms with E-state index in [1.165, 1.54) is 10.9 Å². The molecule has 0 radical (unpaired) electrons. The van der Waals surface area contributed by atoms with Gasteiger partial charge in [-0.05, 0) is 12.1 Å². The minimum atomic E-state index is -0.560. The van der Waals surface area contributed by atoms with Crippen molar-refractivity contribution in [1.29, 1.82) is 5.26 Å². The summed E-state index contributed by atoms with van der Waals surface area (Å²) in [5, 5.41) is 12.8. The van der Waals surface area contributed by atoms with Gasteiger partial charge in [0.15, 0.2) is 0 Å². The maximum atomic E-state index is 13.0. The van der Waals surface area contributed by atoms with E-state index in [9.17, 15) is 4.39 Å². The maximum absolute atomic E-state index is 13.0. The first kappa shape index (κ1) is 11.7. The molecule has 2 N–H and O–H groups in total. The first-order valence-corrected chi connectivity index (χ1v) is 5.18. The zero-order valence-corrected chi connectivity index (χ0v) is 9.80. The van der Waals surface area contributed by atoms with E-state index in [1.54, 1.807) is 0 Å². The van der Waals surface area contributed by atoms with Gasteiger partial charge in [-0.2, -0.15) is 10.4 Å². The highest BCUT2D eigenvalue weighted by Crippen LogP contribution is 2.31. The van der Waals surface area contributed by atoms with Gasteiger partial charge >= 0.3 is 0 Å². The van der Waals surface area contributed by atoms with E-state index in [-0.39, 0.29) is 27.1 Å². The van der Waals surface area contributed by atoms with Crippen LogP contribution in [0.4, 0.5) is 10.2 Å². The Balaban J connectivity index is 2.69. The van der Waals surface area contributed by atoms with E-state index in [2.05, 4.69) is 5.10 Å². The lowest BCUT2D eigenvalue weighted by Crippen LogP contribution is -2.04. The molecule has 86 valence electrons. The third kappa shape index (κ3) is 1.93. The molecule has 0 aliphatic rings. The molecule has 0 saturated carbocycles. The normalized spacial score (nSPS) is 10.2. The van der Waals surface area contributed by atoms with E-state index < -0.39 is 5.82 Å². The van der Waals surface area contributed by atoms with Gasteiger partial charge in [0, 0.05) is 0 Å². The smallest absolute Gasteiger partial charge is 0.145 e. The van der Waals surface area contributed by atoms with Crippen molar-refractivity contribution in [3.8, 4) is 11.8 Å². The third-order valence-electron chi connectivity index (χ3n) is 2.12. The standard InChI is InChI=1S/C10H5Cl2FN4/c11-7-1-6(13)2-8(12)9(7)17-10(15)5(3-14)4-16-17/h1-2,4H,15H2. The Bertz CT molecular complexity index is 607. The highest BCUT2D eigenvalue weighted by molar-refractivity contribution is 6.37. The molecule has 0 atom stereocenters. The van der Waals surface area contributed by atoms with Crippen LogP contribution in [0.3, 0.4) is 0 Å². The van der Waals surface area contributed by atoms with E-state index in [4.69, 9.17) is 34.2 Å². The summed E-state index contributed by atoms with van der Waals surface area (Å²) in [5.41, 5.74) is 6.13. The molecule has 2 rings (SSSR count). The minimum Gasteiger partial charge on any atom is -0.382 e.